The van der Waals surface area contributed by atoms with E-state index in [1.807, 2.05) is 51.3 Å². The van der Waals surface area contributed by atoms with Crippen LogP contribution in [0.2, 0.25) is 0 Å². The molecule has 0 heterocycles. The van der Waals surface area contributed by atoms with Gasteiger partial charge in [0.15, 0.2) is 0 Å². The lowest BCUT2D eigenvalue weighted by molar-refractivity contribution is -0.145. The minimum Gasteiger partial charge on any atom is -0.444 e. The zero-order valence-electron chi connectivity index (χ0n) is 23.8. The number of nitrogens with one attached hydrogen (secondary N) is 2. The molecular weight excluding hydrogens is 486 g/mol. The van der Waals surface area contributed by atoms with Crippen LogP contribution in [0.5, 0.6) is 0 Å². The molecule has 0 radical (unpaired) electrons. The van der Waals surface area contributed by atoms with E-state index in [1.165, 1.54) is 6.42 Å². The van der Waals surface area contributed by atoms with Gasteiger partial charge in [-0.05, 0) is 77.9 Å². The van der Waals surface area contributed by atoms with Crippen molar-refractivity contribution in [2.75, 3.05) is 12.0 Å². The first-order valence-corrected chi connectivity index (χ1v) is 15.0. The minimum atomic E-state index is -0.800. The molecule has 37 heavy (non-hydrogen) atoms. The first-order valence-electron chi connectivity index (χ1n) is 13.6. The Morgan fingerprint density at radius 2 is 1.84 bits per heavy atom. The molecule has 1 aliphatic rings. The SMILES string of the molecule is CCC(C)N(C(=O)C(CCSC)NC(=O)OC(C)(C)C)C(C(=O)NC1CCCCC1)c1cccc(C)c1. The van der Waals surface area contributed by atoms with E-state index in [-0.39, 0.29) is 23.9 Å². The number of aryl methyl sites for hydroxylation is 1. The van der Waals surface area contributed by atoms with Gasteiger partial charge in [0.2, 0.25) is 11.8 Å². The van der Waals surface area contributed by atoms with Gasteiger partial charge in [0.25, 0.3) is 0 Å². The Kier molecular flexibility index (Phi) is 12.3. The van der Waals surface area contributed by atoms with Crippen LogP contribution in [0.15, 0.2) is 24.3 Å². The zero-order chi connectivity index (χ0) is 27.6. The fourth-order valence-corrected chi connectivity index (χ4v) is 5.20. The number of nitrogens with zero attached hydrogens (tertiary/aromatic N) is 1. The molecule has 7 nitrogen and oxygen atoms in total. The van der Waals surface area contributed by atoms with Crippen molar-refractivity contribution in [3.05, 3.63) is 35.4 Å². The fourth-order valence-electron chi connectivity index (χ4n) is 4.72. The summed E-state index contributed by atoms with van der Waals surface area (Å²) in [6.07, 6.45) is 7.77. The minimum absolute atomic E-state index is 0.120. The summed E-state index contributed by atoms with van der Waals surface area (Å²) in [5, 5.41) is 6.06. The zero-order valence-corrected chi connectivity index (χ0v) is 24.6. The maximum absolute atomic E-state index is 14.2. The molecule has 0 saturated heterocycles. The molecule has 2 rings (SSSR count). The molecule has 208 valence electrons. The number of carbonyl (C=O) groups is 3. The van der Waals surface area contributed by atoms with E-state index in [2.05, 4.69) is 10.6 Å². The van der Waals surface area contributed by atoms with E-state index in [4.69, 9.17) is 4.74 Å². The van der Waals surface area contributed by atoms with Crippen molar-refractivity contribution in [1.82, 2.24) is 15.5 Å². The maximum atomic E-state index is 14.2. The van der Waals surface area contributed by atoms with Gasteiger partial charge >= 0.3 is 6.09 Å². The van der Waals surface area contributed by atoms with Crippen LogP contribution in [0.4, 0.5) is 4.79 Å². The molecule has 3 unspecified atom stereocenters. The molecule has 1 fully saturated rings. The van der Waals surface area contributed by atoms with E-state index in [0.717, 1.165) is 36.8 Å². The number of thioether (sulfide) groups is 1. The van der Waals surface area contributed by atoms with Gasteiger partial charge < -0.3 is 20.3 Å². The van der Waals surface area contributed by atoms with Gasteiger partial charge in [-0.25, -0.2) is 4.79 Å². The Morgan fingerprint density at radius 3 is 2.41 bits per heavy atom. The molecule has 1 aliphatic carbocycles. The Hall–Kier alpha value is -2.22. The summed E-state index contributed by atoms with van der Waals surface area (Å²) in [5.41, 5.74) is 1.12. The van der Waals surface area contributed by atoms with E-state index < -0.39 is 23.8 Å². The lowest BCUT2D eigenvalue weighted by Gasteiger charge is -2.39. The van der Waals surface area contributed by atoms with Crippen LogP contribution < -0.4 is 10.6 Å². The summed E-state index contributed by atoms with van der Waals surface area (Å²) in [6, 6.07) is 6.12. The molecule has 2 N–H and O–H groups in total. The highest BCUT2D eigenvalue weighted by atomic mass is 32.2. The molecule has 3 atom stereocenters. The van der Waals surface area contributed by atoms with Crippen LogP contribution >= 0.6 is 11.8 Å². The van der Waals surface area contributed by atoms with Crippen LogP contribution in [-0.2, 0) is 14.3 Å². The van der Waals surface area contributed by atoms with E-state index in [1.54, 1.807) is 37.4 Å². The number of hydrogen-bond acceptors (Lipinski definition) is 5. The van der Waals surface area contributed by atoms with Crippen molar-refractivity contribution < 1.29 is 19.1 Å². The summed E-state index contributed by atoms with van der Waals surface area (Å²) < 4.78 is 5.47. The molecule has 0 aliphatic heterocycles. The first kappa shape index (κ1) is 31.0. The number of rotatable bonds is 11. The van der Waals surface area contributed by atoms with E-state index in [9.17, 15) is 14.4 Å². The highest BCUT2D eigenvalue weighted by Gasteiger charge is 2.39. The standard InChI is InChI=1S/C29H47N3O4S/c1-8-21(3)32(27(34)24(17-18-37-7)31-28(35)36-29(4,5)6)25(22-14-12-13-20(2)19-22)26(33)30-23-15-10-9-11-16-23/h12-14,19,21,23-25H,8-11,15-18H2,1-7H3,(H,30,33)(H,31,35). The highest BCUT2D eigenvalue weighted by Crippen LogP contribution is 2.28. The summed E-state index contributed by atoms with van der Waals surface area (Å²) >= 11 is 1.61. The number of benzene rings is 1. The quantitative estimate of drug-likeness (QED) is 0.378. The lowest BCUT2D eigenvalue weighted by Crippen LogP contribution is -2.56. The second-order valence-corrected chi connectivity index (χ2v) is 12.1. The summed E-state index contributed by atoms with van der Waals surface area (Å²) in [7, 11) is 0. The molecular formula is C29H47N3O4S. The second kappa shape index (κ2) is 14.6. The van der Waals surface area contributed by atoms with Gasteiger partial charge in [0.1, 0.15) is 17.7 Å². The number of ether oxygens (including phenoxy) is 1. The van der Waals surface area contributed by atoms with Gasteiger partial charge in [-0.2, -0.15) is 11.8 Å². The van der Waals surface area contributed by atoms with Crippen molar-refractivity contribution in [3.63, 3.8) is 0 Å². The Balaban J connectivity index is 2.46. The van der Waals surface area contributed by atoms with Crippen LogP contribution in [0, 0.1) is 6.92 Å². The number of carbonyl (C=O) groups excluding carboxylic acids is 3. The van der Waals surface area contributed by atoms with Crippen LogP contribution in [-0.4, -0.2) is 58.5 Å². The smallest absolute Gasteiger partial charge is 0.408 e. The molecule has 3 amide bonds. The predicted octanol–water partition coefficient (Wildman–Crippen LogP) is 5.76. The van der Waals surface area contributed by atoms with Gasteiger partial charge in [0.05, 0.1) is 0 Å². The Bertz CT molecular complexity index is 895. The topological polar surface area (TPSA) is 87.7 Å². The molecule has 0 spiro atoms. The van der Waals surface area contributed by atoms with Crippen LogP contribution in [0.3, 0.4) is 0 Å². The van der Waals surface area contributed by atoms with E-state index in [0.29, 0.717) is 18.6 Å². The Labute approximate surface area is 227 Å². The maximum Gasteiger partial charge on any atom is 0.408 e. The average molecular weight is 534 g/mol. The molecule has 1 aromatic rings. The lowest BCUT2D eigenvalue weighted by atomic mass is 9.94. The van der Waals surface area contributed by atoms with Crippen LogP contribution in [0.25, 0.3) is 0 Å². The molecule has 1 aromatic carbocycles. The summed E-state index contributed by atoms with van der Waals surface area (Å²) in [5.74, 6) is 0.260. The normalized spacial score (nSPS) is 16.8. The third kappa shape index (κ3) is 9.87. The highest BCUT2D eigenvalue weighted by molar-refractivity contribution is 7.98. The Morgan fingerprint density at radius 1 is 1.16 bits per heavy atom. The third-order valence-electron chi connectivity index (χ3n) is 6.76. The molecule has 0 bridgehead atoms. The summed E-state index contributed by atoms with van der Waals surface area (Å²) in [4.78, 5) is 42.5. The van der Waals surface area contributed by atoms with Crippen molar-refractivity contribution >= 4 is 29.7 Å². The van der Waals surface area contributed by atoms with Crippen molar-refractivity contribution in [2.45, 2.75) is 116 Å². The van der Waals surface area contributed by atoms with Crippen molar-refractivity contribution in [2.24, 2.45) is 0 Å². The number of amides is 3. The third-order valence-corrected chi connectivity index (χ3v) is 7.40. The van der Waals surface area contributed by atoms with Crippen molar-refractivity contribution in [1.29, 1.82) is 0 Å². The molecule has 1 saturated carbocycles. The van der Waals surface area contributed by atoms with Gasteiger partial charge in [0, 0.05) is 12.1 Å². The summed E-state index contributed by atoms with van der Waals surface area (Å²) in [6.45, 7) is 11.3. The largest absolute Gasteiger partial charge is 0.444 e. The van der Waals surface area contributed by atoms with Gasteiger partial charge in [-0.1, -0.05) is 56.0 Å². The number of hydrogen-bond donors (Lipinski definition) is 2. The molecule has 0 aromatic heterocycles. The average Bonchev–Trinajstić information content (AvgIpc) is 2.83. The second-order valence-electron chi connectivity index (χ2n) is 11.1. The van der Waals surface area contributed by atoms with E-state index >= 15 is 0 Å². The molecule has 8 heteroatoms. The number of alkyl carbamates (subject to hydrolysis) is 1. The first-order chi connectivity index (χ1) is 17.5. The monoisotopic (exact) mass is 533 g/mol. The van der Waals surface area contributed by atoms with Crippen LogP contribution in [0.1, 0.15) is 96.7 Å². The van der Waals surface area contributed by atoms with Gasteiger partial charge in [-0.3, -0.25) is 9.59 Å². The predicted molar refractivity (Wildman–Crippen MR) is 152 cm³/mol. The van der Waals surface area contributed by atoms with Gasteiger partial charge in [-0.15, -0.1) is 0 Å². The van der Waals surface area contributed by atoms with Crippen molar-refractivity contribution in [3.8, 4) is 0 Å². The fraction of sp³-hybridized carbons (Fsp3) is 0.690.